The van der Waals surface area contributed by atoms with Crippen molar-refractivity contribution in [2.45, 2.75) is 44.6 Å². The van der Waals surface area contributed by atoms with Crippen LogP contribution in [-0.4, -0.2) is 11.8 Å². The minimum Gasteiger partial charge on any atom is -0.314 e. The average Bonchev–Trinajstić information content (AvgIpc) is 2.02. The maximum atomic E-state index is 11.0. The van der Waals surface area contributed by atoms with Gasteiger partial charge in [-0.05, 0) is 18.3 Å². The zero-order valence-corrected chi connectivity index (χ0v) is 7.18. The van der Waals surface area contributed by atoms with E-state index < -0.39 is 0 Å². The van der Waals surface area contributed by atoms with Gasteiger partial charge >= 0.3 is 0 Å². The summed E-state index contributed by atoms with van der Waals surface area (Å²) in [6.07, 6.45) is 5.76. The van der Waals surface area contributed by atoms with Crippen molar-refractivity contribution in [1.29, 1.82) is 0 Å². The lowest BCUT2D eigenvalue weighted by Crippen LogP contribution is -2.42. The number of ketones is 1. The molecule has 2 aliphatic rings. The molecule has 0 heterocycles. The molecule has 0 aliphatic heterocycles. The predicted octanol–water partition coefficient (Wildman–Crippen LogP) is 2.20. The zero-order chi connectivity index (χ0) is 8.60. The molecular formula is C10H13NO. The molecule has 0 saturated heterocycles. The Kier molecular flexibility index (Phi) is 1.68. The van der Waals surface area contributed by atoms with Crippen molar-refractivity contribution >= 4 is 5.78 Å². The van der Waals surface area contributed by atoms with Gasteiger partial charge in [-0.1, -0.05) is 0 Å². The Morgan fingerprint density at radius 2 is 1.92 bits per heavy atom. The van der Waals surface area contributed by atoms with E-state index in [1.165, 1.54) is 0 Å². The molecule has 2 rings (SSSR count). The highest BCUT2D eigenvalue weighted by Gasteiger charge is 2.49. The molecule has 0 bridgehead atoms. The third-order valence-electron chi connectivity index (χ3n) is 3.39. The molecule has 2 aliphatic carbocycles. The van der Waals surface area contributed by atoms with Gasteiger partial charge in [-0.15, -0.1) is 0 Å². The standard InChI is InChI=1S/C10H13NO/c1-11-8-6-10(7-8)4-2-9(12)3-5-10/h8H,2-7H2. The molecule has 0 aromatic rings. The van der Waals surface area contributed by atoms with Crippen molar-refractivity contribution < 1.29 is 4.79 Å². The normalized spacial score (nSPS) is 28.1. The number of carbonyl (C=O) groups excluding carboxylic acids is 1. The molecule has 2 fully saturated rings. The first-order valence-electron chi connectivity index (χ1n) is 4.62. The Morgan fingerprint density at radius 3 is 2.42 bits per heavy atom. The summed E-state index contributed by atoms with van der Waals surface area (Å²) in [4.78, 5) is 14.5. The first kappa shape index (κ1) is 7.79. The SMILES string of the molecule is [C-]#[N+]C1CC2(CCC(=O)CC2)C1. The number of rotatable bonds is 0. The lowest BCUT2D eigenvalue weighted by Gasteiger charge is -2.44. The van der Waals surface area contributed by atoms with Gasteiger partial charge in [-0.3, -0.25) is 4.79 Å². The molecule has 0 atom stereocenters. The van der Waals surface area contributed by atoms with Crippen molar-refractivity contribution in [3.63, 3.8) is 0 Å². The van der Waals surface area contributed by atoms with Gasteiger partial charge < -0.3 is 4.85 Å². The topological polar surface area (TPSA) is 21.4 Å². The van der Waals surface area contributed by atoms with Gasteiger partial charge in [0.2, 0.25) is 6.04 Å². The highest BCUT2D eigenvalue weighted by Crippen LogP contribution is 2.52. The van der Waals surface area contributed by atoms with Crippen LogP contribution in [0.25, 0.3) is 4.85 Å². The minimum atomic E-state index is 0.276. The first-order valence-corrected chi connectivity index (χ1v) is 4.62. The summed E-state index contributed by atoms with van der Waals surface area (Å²) in [5, 5.41) is 0. The summed E-state index contributed by atoms with van der Waals surface area (Å²) < 4.78 is 0. The van der Waals surface area contributed by atoms with Crippen LogP contribution in [0.15, 0.2) is 0 Å². The third kappa shape index (κ3) is 1.14. The molecule has 0 N–H and O–H groups in total. The second kappa shape index (κ2) is 2.58. The number of Topliss-reactive ketones (excluding diaryl/α,β-unsaturated/α-hetero) is 1. The van der Waals surface area contributed by atoms with Crippen LogP contribution < -0.4 is 0 Å². The molecule has 64 valence electrons. The summed E-state index contributed by atoms with van der Waals surface area (Å²) in [5.41, 5.74) is 0.420. The molecule has 2 saturated carbocycles. The lowest BCUT2D eigenvalue weighted by molar-refractivity contribution is -0.123. The Bertz CT molecular complexity index is 233. The summed E-state index contributed by atoms with van der Waals surface area (Å²) in [5.74, 6) is 0.423. The van der Waals surface area contributed by atoms with Crippen molar-refractivity contribution in [2.24, 2.45) is 5.41 Å². The molecule has 2 nitrogen and oxygen atoms in total. The Labute approximate surface area is 72.8 Å². The van der Waals surface area contributed by atoms with E-state index in [0.717, 1.165) is 38.5 Å². The van der Waals surface area contributed by atoms with Gasteiger partial charge in [-0.2, -0.15) is 0 Å². The van der Waals surface area contributed by atoms with Crippen LogP contribution in [0.1, 0.15) is 38.5 Å². The van der Waals surface area contributed by atoms with E-state index in [2.05, 4.69) is 4.85 Å². The van der Waals surface area contributed by atoms with E-state index in [1.54, 1.807) is 0 Å². The van der Waals surface area contributed by atoms with Gasteiger partial charge in [0.25, 0.3) is 0 Å². The Balaban J connectivity index is 1.92. The van der Waals surface area contributed by atoms with Gasteiger partial charge in [0.05, 0.1) is 0 Å². The third-order valence-corrected chi connectivity index (χ3v) is 3.39. The summed E-state index contributed by atoms with van der Waals surface area (Å²) in [7, 11) is 0. The highest BCUT2D eigenvalue weighted by molar-refractivity contribution is 5.79. The van der Waals surface area contributed by atoms with Gasteiger partial charge in [0.1, 0.15) is 5.78 Å². The Morgan fingerprint density at radius 1 is 1.33 bits per heavy atom. The molecule has 2 heteroatoms. The van der Waals surface area contributed by atoms with Crippen LogP contribution in [0, 0.1) is 12.0 Å². The van der Waals surface area contributed by atoms with E-state index in [9.17, 15) is 4.79 Å². The van der Waals surface area contributed by atoms with E-state index in [0.29, 0.717) is 11.2 Å². The van der Waals surface area contributed by atoms with Crippen molar-refractivity contribution in [1.82, 2.24) is 0 Å². The van der Waals surface area contributed by atoms with Crippen molar-refractivity contribution in [3.8, 4) is 0 Å². The smallest absolute Gasteiger partial charge is 0.224 e. The first-order chi connectivity index (χ1) is 5.74. The molecule has 1 spiro atoms. The second-order valence-corrected chi connectivity index (χ2v) is 4.23. The maximum absolute atomic E-state index is 11.0. The number of carbonyl (C=O) groups is 1. The van der Waals surface area contributed by atoms with Crippen LogP contribution in [-0.2, 0) is 4.79 Å². The molecule has 0 aromatic heterocycles. The fraction of sp³-hybridized carbons (Fsp3) is 0.800. The second-order valence-electron chi connectivity index (χ2n) is 4.23. The molecule has 12 heavy (non-hydrogen) atoms. The molecular weight excluding hydrogens is 150 g/mol. The van der Waals surface area contributed by atoms with E-state index in [4.69, 9.17) is 6.57 Å². The van der Waals surface area contributed by atoms with E-state index in [1.807, 2.05) is 0 Å². The van der Waals surface area contributed by atoms with Gasteiger partial charge in [0, 0.05) is 25.7 Å². The number of nitrogens with zero attached hydrogens (tertiary/aromatic N) is 1. The number of hydrogen-bond acceptors (Lipinski definition) is 1. The zero-order valence-electron chi connectivity index (χ0n) is 7.18. The quantitative estimate of drug-likeness (QED) is 0.501. The van der Waals surface area contributed by atoms with Gasteiger partial charge in [0.15, 0.2) is 0 Å². The molecule has 0 aromatic carbocycles. The van der Waals surface area contributed by atoms with Crippen LogP contribution in [0.3, 0.4) is 0 Å². The minimum absolute atomic E-state index is 0.276. The average molecular weight is 163 g/mol. The summed E-state index contributed by atoms with van der Waals surface area (Å²) in [6, 6.07) is 0.276. The summed E-state index contributed by atoms with van der Waals surface area (Å²) >= 11 is 0. The van der Waals surface area contributed by atoms with E-state index in [-0.39, 0.29) is 6.04 Å². The predicted molar refractivity (Wildman–Crippen MR) is 45.5 cm³/mol. The largest absolute Gasteiger partial charge is 0.314 e. The van der Waals surface area contributed by atoms with Crippen LogP contribution >= 0.6 is 0 Å². The van der Waals surface area contributed by atoms with Crippen LogP contribution in [0.2, 0.25) is 0 Å². The monoisotopic (exact) mass is 163 g/mol. The van der Waals surface area contributed by atoms with Crippen molar-refractivity contribution in [3.05, 3.63) is 11.4 Å². The van der Waals surface area contributed by atoms with Crippen LogP contribution in [0.5, 0.6) is 0 Å². The fourth-order valence-corrected chi connectivity index (χ4v) is 2.50. The van der Waals surface area contributed by atoms with E-state index >= 15 is 0 Å². The fourth-order valence-electron chi connectivity index (χ4n) is 2.50. The van der Waals surface area contributed by atoms with Crippen molar-refractivity contribution in [2.75, 3.05) is 0 Å². The lowest BCUT2D eigenvalue weighted by atomic mass is 9.58. The van der Waals surface area contributed by atoms with Crippen LogP contribution in [0.4, 0.5) is 0 Å². The van der Waals surface area contributed by atoms with Gasteiger partial charge in [-0.25, -0.2) is 6.57 Å². The number of hydrogen-bond donors (Lipinski definition) is 0. The maximum Gasteiger partial charge on any atom is 0.224 e. The molecule has 0 amide bonds. The molecule has 0 unspecified atom stereocenters. The molecule has 0 radical (unpaired) electrons. The Hall–Kier alpha value is -0.840. The highest BCUT2D eigenvalue weighted by atomic mass is 16.1. The summed E-state index contributed by atoms with van der Waals surface area (Å²) in [6.45, 7) is 6.86.